The number of ether oxygens (including phenoxy) is 1. The molecule has 3 heterocycles. The van der Waals surface area contributed by atoms with Gasteiger partial charge in [-0.3, -0.25) is 4.99 Å². The molecular weight excluding hydrogens is 469 g/mol. The van der Waals surface area contributed by atoms with E-state index >= 15 is 0 Å². The van der Waals surface area contributed by atoms with E-state index in [9.17, 15) is 13.2 Å². The molecule has 0 aromatic heterocycles. The molecule has 5 rings (SSSR count). The molecule has 0 aliphatic carbocycles. The predicted octanol–water partition coefficient (Wildman–Crippen LogP) is 5.69. The number of piperidine rings is 1. The Morgan fingerprint density at radius 1 is 1.11 bits per heavy atom. The van der Waals surface area contributed by atoms with Crippen LogP contribution in [0.15, 0.2) is 46.1 Å². The van der Waals surface area contributed by atoms with Crippen LogP contribution in [0.25, 0.3) is 6.08 Å². The topological polar surface area (TPSA) is 49.7 Å². The molecule has 3 aliphatic heterocycles. The van der Waals surface area contributed by atoms with E-state index in [-0.39, 0.29) is 12.1 Å². The summed E-state index contributed by atoms with van der Waals surface area (Å²) in [5.74, 6) is -2.49. The van der Waals surface area contributed by atoms with Crippen molar-refractivity contribution >= 4 is 23.9 Å². The number of methoxy groups -OCH3 is 1. The molecule has 3 atom stereocenters. The Kier molecular flexibility index (Phi) is 6.64. The molecule has 3 aliphatic rings. The molecular formula is C27H29F3N4O2. The van der Waals surface area contributed by atoms with Crippen molar-refractivity contribution in [3.05, 3.63) is 64.5 Å². The van der Waals surface area contributed by atoms with Crippen LogP contribution >= 0.6 is 0 Å². The first-order valence-electron chi connectivity index (χ1n) is 12.2. The van der Waals surface area contributed by atoms with Gasteiger partial charge in [-0.1, -0.05) is 11.2 Å². The second-order valence-corrected chi connectivity index (χ2v) is 9.54. The highest BCUT2D eigenvalue weighted by atomic mass is 19.2. The van der Waals surface area contributed by atoms with Crippen LogP contribution in [-0.4, -0.2) is 49.4 Å². The molecule has 0 N–H and O–H groups in total. The van der Waals surface area contributed by atoms with Gasteiger partial charge in [0.05, 0.1) is 31.2 Å². The lowest BCUT2D eigenvalue weighted by Gasteiger charge is -2.37. The second kappa shape index (κ2) is 9.87. The lowest BCUT2D eigenvalue weighted by molar-refractivity contribution is 0.0642. The van der Waals surface area contributed by atoms with E-state index in [0.717, 1.165) is 54.1 Å². The third kappa shape index (κ3) is 4.66. The second-order valence-electron chi connectivity index (χ2n) is 9.54. The van der Waals surface area contributed by atoms with Crippen molar-refractivity contribution in [1.29, 1.82) is 0 Å². The minimum Gasteiger partial charge on any atom is -0.495 e. The number of hydrogen-bond donors (Lipinski definition) is 0. The molecule has 2 unspecified atom stereocenters. The van der Waals surface area contributed by atoms with E-state index in [1.807, 2.05) is 42.4 Å². The highest BCUT2D eigenvalue weighted by Gasteiger charge is 2.34. The molecule has 0 radical (unpaired) electrons. The molecule has 0 bridgehead atoms. The minimum absolute atomic E-state index is 0.233. The van der Waals surface area contributed by atoms with Gasteiger partial charge in [-0.2, -0.15) is 0 Å². The lowest BCUT2D eigenvalue weighted by Crippen LogP contribution is -2.39. The van der Waals surface area contributed by atoms with E-state index in [0.29, 0.717) is 24.4 Å². The zero-order valence-corrected chi connectivity index (χ0v) is 20.5. The molecule has 36 heavy (non-hydrogen) atoms. The number of anilines is 1. The number of aliphatic imine (C=N–C) groups is 1. The van der Waals surface area contributed by atoms with Crippen LogP contribution in [0.4, 0.5) is 18.9 Å². The summed E-state index contributed by atoms with van der Waals surface area (Å²) in [6.45, 7) is 5.37. The van der Waals surface area contributed by atoms with Gasteiger partial charge >= 0.3 is 0 Å². The Hall–Kier alpha value is -3.49. The summed E-state index contributed by atoms with van der Waals surface area (Å²) in [4.78, 5) is 14.2. The van der Waals surface area contributed by atoms with Crippen molar-refractivity contribution in [1.82, 2.24) is 4.90 Å². The average molecular weight is 499 g/mol. The molecule has 190 valence electrons. The fourth-order valence-electron chi connectivity index (χ4n) is 5.06. The van der Waals surface area contributed by atoms with Crippen molar-refractivity contribution in [2.75, 3.05) is 25.1 Å². The number of fused-ring (bicyclic) bond motifs is 1. The van der Waals surface area contributed by atoms with Gasteiger partial charge in [-0.25, -0.2) is 13.2 Å². The van der Waals surface area contributed by atoms with Crippen LogP contribution in [0.1, 0.15) is 50.3 Å². The van der Waals surface area contributed by atoms with Crippen LogP contribution in [0, 0.1) is 17.5 Å². The van der Waals surface area contributed by atoms with Crippen LogP contribution in [0.3, 0.4) is 0 Å². The molecule has 1 fully saturated rings. The van der Waals surface area contributed by atoms with E-state index in [1.54, 1.807) is 7.11 Å². The highest BCUT2D eigenvalue weighted by molar-refractivity contribution is 6.03. The average Bonchev–Trinajstić information content (AvgIpc) is 3.22. The van der Waals surface area contributed by atoms with Crippen molar-refractivity contribution in [2.24, 2.45) is 10.1 Å². The Morgan fingerprint density at radius 3 is 2.58 bits per heavy atom. The molecule has 0 saturated carbocycles. The summed E-state index contributed by atoms with van der Waals surface area (Å²) in [6.07, 6.45) is 5.66. The monoisotopic (exact) mass is 498 g/mol. The van der Waals surface area contributed by atoms with Gasteiger partial charge in [0, 0.05) is 19.5 Å². The van der Waals surface area contributed by atoms with Crippen LogP contribution < -0.4 is 9.64 Å². The predicted molar refractivity (Wildman–Crippen MR) is 134 cm³/mol. The first-order chi connectivity index (χ1) is 17.3. The van der Waals surface area contributed by atoms with Crippen LogP contribution in [0.2, 0.25) is 0 Å². The number of rotatable bonds is 4. The zero-order valence-electron chi connectivity index (χ0n) is 20.5. The maximum absolute atomic E-state index is 14.1. The van der Waals surface area contributed by atoms with Gasteiger partial charge in [0.1, 0.15) is 11.9 Å². The van der Waals surface area contributed by atoms with Gasteiger partial charge < -0.3 is 19.4 Å². The molecule has 2 aromatic rings. The number of halogens is 3. The first-order valence-corrected chi connectivity index (χ1v) is 12.2. The van der Waals surface area contributed by atoms with Crippen LogP contribution in [-0.2, 0) is 4.84 Å². The molecule has 2 aromatic carbocycles. The number of nitrogens with zero attached hydrogens (tertiary/aromatic N) is 4. The summed E-state index contributed by atoms with van der Waals surface area (Å²) in [5.41, 5.74) is 3.20. The van der Waals surface area contributed by atoms with Crippen molar-refractivity contribution < 1.29 is 22.7 Å². The smallest absolute Gasteiger partial charge is 0.194 e. The highest BCUT2D eigenvalue weighted by Crippen LogP contribution is 2.37. The number of amidine groups is 1. The summed E-state index contributed by atoms with van der Waals surface area (Å²) in [6, 6.07) is 7.98. The summed E-state index contributed by atoms with van der Waals surface area (Å²) in [7, 11) is 1.64. The standard InChI is InChI=1S/C27H29F3N4O2/c1-16-14-33(15-31-16)23-7-6-18(11-25(23)35-3)10-19-5-4-8-34-24(9-17(2)36-32-27(19)34)20-12-21(28)26(30)22(29)13-20/h6-7,10-13,15-17,24H,4-5,8-9,14H2,1-3H3/b19-10+/t16?,17?,24-/m1/s1. The lowest BCUT2D eigenvalue weighted by atomic mass is 9.93. The van der Waals surface area contributed by atoms with E-state index < -0.39 is 23.5 Å². The van der Waals surface area contributed by atoms with Gasteiger partial charge in [0.25, 0.3) is 0 Å². The zero-order chi connectivity index (χ0) is 25.4. The van der Waals surface area contributed by atoms with Gasteiger partial charge in [0.15, 0.2) is 23.3 Å². The summed E-state index contributed by atoms with van der Waals surface area (Å²) in [5, 5.41) is 4.43. The van der Waals surface area contributed by atoms with Gasteiger partial charge in [-0.05, 0) is 73.7 Å². The van der Waals surface area contributed by atoms with E-state index in [4.69, 9.17) is 9.57 Å². The molecule has 6 nitrogen and oxygen atoms in total. The van der Waals surface area contributed by atoms with Gasteiger partial charge in [-0.15, -0.1) is 0 Å². The Balaban J connectivity index is 1.48. The molecule has 9 heteroatoms. The quantitative estimate of drug-likeness (QED) is 0.508. The SMILES string of the molecule is COc1cc(/C=C2\CCCN3C2=NOC(C)C[C@@H]3c2cc(F)c(F)c(F)c2)ccc1N1C=NC(C)C1. The van der Waals surface area contributed by atoms with Crippen molar-refractivity contribution in [2.45, 2.75) is 51.3 Å². The Bertz CT molecular complexity index is 1220. The summed E-state index contributed by atoms with van der Waals surface area (Å²) < 4.78 is 47.5. The van der Waals surface area contributed by atoms with Crippen LogP contribution in [0.5, 0.6) is 5.75 Å². The fraction of sp³-hybridized carbons (Fsp3) is 0.407. The van der Waals surface area contributed by atoms with Gasteiger partial charge in [0.2, 0.25) is 0 Å². The summed E-state index contributed by atoms with van der Waals surface area (Å²) >= 11 is 0. The van der Waals surface area contributed by atoms with Crippen molar-refractivity contribution in [3.63, 3.8) is 0 Å². The fourth-order valence-corrected chi connectivity index (χ4v) is 5.06. The number of oxime groups is 1. The van der Waals surface area contributed by atoms with E-state index in [1.165, 1.54) is 0 Å². The Morgan fingerprint density at radius 2 is 1.89 bits per heavy atom. The largest absolute Gasteiger partial charge is 0.495 e. The first kappa shape index (κ1) is 24.2. The third-order valence-corrected chi connectivity index (χ3v) is 6.82. The molecule has 0 spiro atoms. The number of hydrogen-bond acceptors (Lipinski definition) is 6. The van der Waals surface area contributed by atoms with Crippen molar-refractivity contribution in [3.8, 4) is 5.75 Å². The Labute approximate surface area is 208 Å². The molecule has 1 saturated heterocycles. The maximum Gasteiger partial charge on any atom is 0.194 e. The molecule has 0 amide bonds. The normalized spacial score (nSPS) is 24.9. The number of benzene rings is 2. The maximum atomic E-state index is 14.1. The van der Waals surface area contributed by atoms with E-state index in [2.05, 4.69) is 22.0 Å². The third-order valence-electron chi connectivity index (χ3n) is 6.82. The minimum atomic E-state index is -1.46.